The smallest absolute Gasteiger partial charge is 0.227 e. The molecule has 0 saturated carbocycles. The first kappa shape index (κ1) is 22.9. The first-order valence-electron chi connectivity index (χ1n) is 10.9. The van der Waals surface area contributed by atoms with Gasteiger partial charge in [-0.3, -0.25) is 14.6 Å². The number of carbonyl (C=O) groups is 2. The molecule has 170 valence electrons. The highest BCUT2D eigenvalue weighted by Crippen LogP contribution is 2.44. The average Bonchev–Trinajstić information content (AvgIpc) is 3.19. The fourth-order valence-electron chi connectivity index (χ4n) is 4.24. The van der Waals surface area contributed by atoms with E-state index < -0.39 is 0 Å². The van der Waals surface area contributed by atoms with Gasteiger partial charge in [0, 0.05) is 30.3 Å². The van der Waals surface area contributed by atoms with Gasteiger partial charge in [0.2, 0.25) is 11.8 Å². The Morgan fingerprint density at radius 2 is 2.06 bits per heavy atom. The van der Waals surface area contributed by atoms with Crippen LogP contribution in [0.15, 0.2) is 59.3 Å². The Hall–Kier alpha value is -3.31. The number of amides is 2. The number of methoxy groups -OCH3 is 1. The SMILES string of the molecule is COc1ccccc1CCC(=O)NC1SC2=C(CCN(C(=O)Cc3ccncc3)C2)C1C#N. The van der Waals surface area contributed by atoms with Gasteiger partial charge in [0.15, 0.2) is 0 Å². The van der Waals surface area contributed by atoms with E-state index in [2.05, 4.69) is 16.4 Å². The van der Waals surface area contributed by atoms with E-state index in [0.29, 0.717) is 38.8 Å². The standard InChI is InChI=1S/C25H26N4O3S/c1-32-21-5-3-2-4-18(21)6-7-23(30)28-25-20(15-26)19-10-13-29(16-22(19)33-25)24(31)14-17-8-11-27-12-9-17/h2-5,8-9,11-12,20,25H,6-7,10,13-14,16H2,1H3,(H,28,30). The molecule has 2 aliphatic rings. The van der Waals surface area contributed by atoms with Crippen LogP contribution >= 0.6 is 11.8 Å². The lowest BCUT2D eigenvalue weighted by molar-refractivity contribution is -0.130. The molecule has 0 spiro atoms. The van der Waals surface area contributed by atoms with Gasteiger partial charge < -0.3 is 15.0 Å². The van der Waals surface area contributed by atoms with Gasteiger partial charge in [0.05, 0.1) is 37.4 Å². The monoisotopic (exact) mass is 462 g/mol. The van der Waals surface area contributed by atoms with Gasteiger partial charge in [-0.05, 0) is 47.7 Å². The van der Waals surface area contributed by atoms with Crippen molar-refractivity contribution in [2.45, 2.75) is 31.1 Å². The van der Waals surface area contributed by atoms with Crippen molar-refractivity contribution in [1.82, 2.24) is 15.2 Å². The summed E-state index contributed by atoms with van der Waals surface area (Å²) in [4.78, 5) is 32.3. The van der Waals surface area contributed by atoms with Gasteiger partial charge in [0.25, 0.3) is 0 Å². The normalized spacial score (nSPS) is 19.6. The number of nitrogens with zero attached hydrogens (tertiary/aromatic N) is 3. The van der Waals surface area contributed by atoms with Gasteiger partial charge in [-0.1, -0.05) is 18.2 Å². The summed E-state index contributed by atoms with van der Waals surface area (Å²) in [7, 11) is 1.62. The van der Waals surface area contributed by atoms with Crippen molar-refractivity contribution >= 4 is 23.6 Å². The van der Waals surface area contributed by atoms with Crippen molar-refractivity contribution in [3.8, 4) is 11.8 Å². The fraction of sp³-hybridized carbons (Fsp3) is 0.360. The summed E-state index contributed by atoms with van der Waals surface area (Å²) in [6.45, 7) is 1.09. The summed E-state index contributed by atoms with van der Waals surface area (Å²) >= 11 is 1.51. The third-order valence-corrected chi connectivity index (χ3v) is 7.32. The van der Waals surface area contributed by atoms with Gasteiger partial charge in [-0.15, -0.1) is 11.8 Å². The summed E-state index contributed by atoms with van der Waals surface area (Å²) in [6, 6.07) is 13.7. The van der Waals surface area contributed by atoms with Crippen molar-refractivity contribution in [2.24, 2.45) is 5.92 Å². The minimum absolute atomic E-state index is 0.0613. The van der Waals surface area contributed by atoms with E-state index in [1.807, 2.05) is 41.3 Å². The number of pyridine rings is 1. The third kappa shape index (κ3) is 5.37. The van der Waals surface area contributed by atoms with E-state index in [1.54, 1.807) is 19.5 Å². The minimum Gasteiger partial charge on any atom is -0.496 e. The number of hydrogen-bond donors (Lipinski definition) is 1. The number of aromatic nitrogens is 1. The zero-order chi connectivity index (χ0) is 23.2. The molecule has 1 aromatic carbocycles. The van der Waals surface area contributed by atoms with Gasteiger partial charge in [0.1, 0.15) is 5.75 Å². The second-order valence-corrected chi connectivity index (χ2v) is 9.31. The molecule has 0 fully saturated rings. The van der Waals surface area contributed by atoms with E-state index in [1.165, 1.54) is 11.8 Å². The topological polar surface area (TPSA) is 95.3 Å². The maximum Gasteiger partial charge on any atom is 0.227 e. The summed E-state index contributed by atoms with van der Waals surface area (Å²) in [6.07, 6.45) is 5.25. The van der Waals surface area contributed by atoms with E-state index in [9.17, 15) is 14.9 Å². The Morgan fingerprint density at radius 3 is 2.82 bits per heavy atom. The second kappa shape index (κ2) is 10.5. The molecule has 2 amide bonds. The summed E-state index contributed by atoms with van der Waals surface area (Å²) in [5.74, 6) is 0.372. The van der Waals surface area contributed by atoms with Crippen LogP contribution in [0.2, 0.25) is 0 Å². The van der Waals surface area contributed by atoms with E-state index in [-0.39, 0.29) is 23.1 Å². The first-order valence-corrected chi connectivity index (χ1v) is 11.8. The highest BCUT2D eigenvalue weighted by molar-refractivity contribution is 8.04. The Morgan fingerprint density at radius 1 is 1.27 bits per heavy atom. The zero-order valence-corrected chi connectivity index (χ0v) is 19.3. The molecule has 1 N–H and O–H groups in total. The molecule has 1 aromatic heterocycles. The van der Waals surface area contributed by atoms with Crippen molar-refractivity contribution in [1.29, 1.82) is 5.26 Å². The molecule has 2 unspecified atom stereocenters. The highest BCUT2D eigenvalue weighted by Gasteiger charge is 2.39. The predicted octanol–water partition coefficient (Wildman–Crippen LogP) is 3.08. The number of nitriles is 1. The Balaban J connectivity index is 1.33. The van der Waals surface area contributed by atoms with Crippen LogP contribution in [0.3, 0.4) is 0 Å². The van der Waals surface area contributed by atoms with Crippen LogP contribution in [0.4, 0.5) is 0 Å². The molecule has 2 atom stereocenters. The van der Waals surface area contributed by atoms with Crippen LogP contribution in [-0.2, 0) is 22.4 Å². The highest BCUT2D eigenvalue weighted by atomic mass is 32.2. The molecular weight excluding hydrogens is 436 g/mol. The number of para-hydroxylation sites is 1. The van der Waals surface area contributed by atoms with Crippen LogP contribution in [-0.4, -0.2) is 47.3 Å². The number of nitrogens with one attached hydrogen (secondary N) is 1. The number of aryl methyl sites for hydroxylation is 1. The van der Waals surface area contributed by atoms with E-state index in [0.717, 1.165) is 27.4 Å². The summed E-state index contributed by atoms with van der Waals surface area (Å²) in [5, 5.41) is 12.5. The molecule has 0 radical (unpaired) electrons. The molecule has 8 heteroatoms. The summed E-state index contributed by atoms with van der Waals surface area (Å²) < 4.78 is 5.36. The average molecular weight is 463 g/mol. The lowest BCUT2D eigenvalue weighted by Gasteiger charge is -2.28. The number of thioether (sulfide) groups is 1. The van der Waals surface area contributed by atoms with Crippen LogP contribution < -0.4 is 10.1 Å². The molecule has 2 aliphatic heterocycles. The van der Waals surface area contributed by atoms with Crippen molar-refractivity contribution < 1.29 is 14.3 Å². The lowest BCUT2D eigenvalue weighted by atomic mass is 9.94. The molecule has 4 rings (SSSR count). The van der Waals surface area contributed by atoms with Gasteiger partial charge >= 0.3 is 0 Å². The third-order valence-electron chi connectivity index (χ3n) is 6.00. The van der Waals surface area contributed by atoms with Gasteiger partial charge in [-0.2, -0.15) is 5.26 Å². The maximum atomic E-state index is 12.8. The van der Waals surface area contributed by atoms with Crippen LogP contribution in [0.5, 0.6) is 5.75 Å². The molecular formula is C25H26N4O3S. The largest absolute Gasteiger partial charge is 0.496 e. The first-order chi connectivity index (χ1) is 16.1. The lowest BCUT2D eigenvalue weighted by Crippen LogP contribution is -2.38. The Bertz CT molecular complexity index is 1100. The second-order valence-electron chi connectivity index (χ2n) is 8.07. The van der Waals surface area contributed by atoms with Crippen LogP contribution in [0.1, 0.15) is 24.0 Å². The number of rotatable bonds is 7. The number of benzene rings is 1. The molecule has 0 aliphatic carbocycles. The number of ether oxygens (including phenoxy) is 1. The quantitative estimate of drug-likeness (QED) is 0.680. The summed E-state index contributed by atoms with van der Waals surface area (Å²) in [5.41, 5.74) is 2.97. The van der Waals surface area contributed by atoms with E-state index in [4.69, 9.17) is 4.74 Å². The number of carbonyl (C=O) groups excluding carboxylic acids is 2. The maximum absolute atomic E-state index is 12.8. The van der Waals surface area contributed by atoms with Crippen molar-refractivity contribution in [2.75, 3.05) is 20.2 Å². The Labute approximate surface area is 197 Å². The van der Waals surface area contributed by atoms with Crippen molar-refractivity contribution in [3.05, 3.63) is 70.4 Å². The number of hydrogen-bond acceptors (Lipinski definition) is 6. The molecule has 2 aromatic rings. The van der Waals surface area contributed by atoms with Crippen LogP contribution in [0.25, 0.3) is 0 Å². The predicted molar refractivity (Wildman–Crippen MR) is 126 cm³/mol. The molecule has 3 heterocycles. The molecule has 33 heavy (non-hydrogen) atoms. The van der Waals surface area contributed by atoms with Crippen molar-refractivity contribution in [3.63, 3.8) is 0 Å². The van der Waals surface area contributed by atoms with E-state index >= 15 is 0 Å². The van der Waals surface area contributed by atoms with Crippen LogP contribution in [0, 0.1) is 17.2 Å². The van der Waals surface area contributed by atoms with Gasteiger partial charge in [-0.25, -0.2) is 0 Å². The zero-order valence-electron chi connectivity index (χ0n) is 18.5. The molecule has 7 nitrogen and oxygen atoms in total. The Kier molecular flexibility index (Phi) is 7.30. The fourth-order valence-corrected chi connectivity index (χ4v) is 5.71. The molecule has 0 saturated heterocycles. The molecule has 0 bridgehead atoms. The minimum atomic E-state index is -0.363.